The summed E-state index contributed by atoms with van der Waals surface area (Å²) >= 11 is 0. The second-order valence-corrected chi connectivity index (χ2v) is 5.97. The lowest BCUT2D eigenvalue weighted by Crippen LogP contribution is -2.21. The fourth-order valence-corrected chi connectivity index (χ4v) is 2.35. The summed E-state index contributed by atoms with van der Waals surface area (Å²) in [6.07, 6.45) is 0.110. The number of ether oxygens (including phenoxy) is 2. The summed E-state index contributed by atoms with van der Waals surface area (Å²) in [7, 11) is 1.60. The summed E-state index contributed by atoms with van der Waals surface area (Å²) in [5.41, 5.74) is 4.66. The van der Waals surface area contributed by atoms with E-state index in [0.717, 1.165) is 17.1 Å². The van der Waals surface area contributed by atoms with Crippen molar-refractivity contribution < 1.29 is 19.1 Å². The molecule has 0 heterocycles. The Labute approximate surface area is 164 Å². The molecule has 0 unspecified atom stereocenters. The van der Waals surface area contributed by atoms with Gasteiger partial charge in [0.25, 0.3) is 0 Å². The fraction of sp³-hybridized carbons (Fsp3) is 0.286. The first-order chi connectivity index (χ1) is 13.5. The zero-order chi connectivity index (χ0) is 20.4. The zero-order valence-corrected chi connectivity index (χ0v) is 16.3. The van der Waals surface area contributed by atoms with Crippen LogP contribution in [0.3, 0.4) is 0 Å². The lowest BCUT2D eigenvalue weighted by atomic mass is 10.1. The van der Waals surface area contributed by atoms with Crippen LogP contribution in [0.2, 0.25) is 0 Å². The van der Waals surface area contributed by atoms with E-state index in [1.807, 2.05) is 31.2 Å². The van der Waals surface area contributed by atoms with Gasteiger partial charge in [0.1, 0.15) is 11.5 Å². The largest absolute Gasteiger partial charge is 0.497 e. The first-order valence-electron chi connectivity index (χ1n) is 9.02. The third-order valence-electron chi connectivity index (χ3n) is 3.88. The molecule has 0 atom stereocenters. The second-order valence-electron chi connectivity index (χ2n) is 5.97. The van der Waals surface area contributed by atoms with E-state index in [0.29, 0.717) is 18.0 Å². The van der Waals surface area contributed by atoms with Crippen LogP contribution in [0.4, 0.5) is 5.69 Å². The third kappa shape index (κ3) is 6.75. The molecule has 148 valence electrons. The van der Waals surface area contributed by atoms with Gasteiger partial charge in [0.05, 0.1) is 19.4 Å². The highest BCUT2D eigenvalue weighted by Crippen LogP contribution is 2.16. The smallest absolute Gasteiger partial charge is 0.240 e. The molecule has 0 saturated carbocycles. The van der Waals surface area contributed by atoms with Crippen LogP contribution < -0.4 is 20.2 Å². The summed E-state index contributed by atoms with van der Waals surface area (Å²) in [6.45, 7) is 4.28. The Morgan fingerprint density at radius 2 is 1.54 bits per heavy atom. The number of nitrogens with one attached hydrogen (secondary N) is 2. The minimum absolute atomic E-state index is 0.0439. The van der Waals surface area contributed by atoms with E-state index < -0.39 is 0 Å². The van der Waals surface area contributed by atoms with Gasteiger partial charge in [-0.2, -0.15) is 5.10 Å². The van der Waals surface area contributed by atoms with E-state index >= 15 is 0 Å². The molecule has 2 amide bonds. The maximum atomic E-state index is 12.0. The lowest BCUT2D eigenvalue weighted by Gasteiger charge is -2.07. The number of methoxy groups -OCH3 is 1. The number of hydrazone groups is 1. The Kier molecular flexibility index (Phi) is 8.02. The Hall–Kier alpha value is -3.35. The maximum Gasteiger partial charge on any atom is 0.240 e. The minimum atomic E-state index is -0.324. The van der Waals surface area contributed by atoms with Gasteiger partial charge >= 0.3 is 0 Å². The number of rotatable bonds is 9. The standard InChI is InChI=1S/C21H25N3O4/c1-4-28-19-11-7-17(8-12-19)22-20(25)13-14-21(26)24-23-15(2)16-5-9-18(27-3)10-6-16/h5-12H,4,13-14H2,1-3H3,(H,22,25)(H,24,26). The zero-order valence-electron chi connectivity index (χ0n) is 16.3. The molecule has 0 aliphatic carbocycles. The van der Waals surface area contributed by atoms with E-state index in [4.69, 9.17) is 9.47 Å². The Balaban J connectivity index is 1.76. The quantitative estimate of drug-likeness (QED) is 0.513. The number of amides is 2. The molecule has 0 saturated heterocycles. The molecular formula is C21H25N3O4. The van der Waals surface area contributed by atoms with Crippen LogP contribution in [0, 0.1) is 0 Å². The van der Waals surface area contributed by atoms with Crippen molar-refractivity contribution in [2.45, 2.75) is 26.7 Å². The van der Waals surface area contributed by atoms with E-state index in [1.165, 1.54) is 0 Å². The molecule has 28 heavy (non-hydrogen) atoms. The average Bonchev–Trinajstić information content (AvgIpc) is 2.72. The normalized spacial score (nSPS) is 10.9. The first-order valence-corrected chi connectivity index (χ1v) is 9.02. The van der Waals surface area contributed by atoms with E-state index in [-0.39, 0.29) is 24.7 Å². The molecule has 0 radical (unpaired) electrons. The van der Waals surface area contributed by atoms with Crippen molar-refractivity contribution in [1.29, 1.82) is 0 Å². The van der Waals surface area contributed by atoms with Crippen molar-refractivity contribution in [3.8, 4) is 11.5 Å². The summed E-state index contributed by atoms with van der Waals surface area (Å²) in [6, 6.07) is 14.4. The fourth-order valence-electron chi connectivity index (χ4n) is 2.35. The van der Waals surface area contributed by atoms with Crippen LogP contribution in [-0.2, 0) is 9.59 Å². The Bertz CT molecular complexity index is 815. The van der Waals surface area contributed by atoms with Gasteiger partial charge < -0.3 is 14.8 Å². The van der Waals surface area contributed by atoms with E-state index in [9.17, 15) is 9.59 Å². The molecule has 2 rings (SSSR count). The van der Waals surface area contributed by atoms with Crippen LogP contribution in [0.1, 0.15) is 32.3 Å². The molecule has 0 bridgehead atoms. The summed E-state index contributed by atoms with van der Waals surface area (Å²) in [5.74, 6) is 0.925. The monoisotopic (exact) mass is 383 g/mol. The molecular weight excluding hydrogens is 358 g/mol. The molecule has 7 nitrogen and oxygen atoms in total. The van der Waals surface area contributed by atoms with Gasteiger partial charge in [-0.1, -0.05) is 0 Å². The highest BCUT2D eigenvalue weighted by Gasteiger charge is 2.07. The average molecular weight is 383 g/mol. The predicted molar refractivity (Wildman–Crippen MR) is 109 cm³/mol. The first kappa shape index (κ1) is 21.0. The highest BCUT2D eigenvalue weighted by molar-refractivity contribution is 5.99. The van der Waals surface area contributed by atoms with E-state index in [2.05, 4.69) is 15.8 Å². The van der Waals surface area contributed by atoms with Crippen molar-refractivity contribution in [2.24, 2.45) is 5.10 Å². The van der Waals surface area contributed by atoms with Crippen LogP contribution >= 0.6 is 0 Å². The molecule has 0 aliphatic rings. The molecule has 0 aliphatic heterocycles. The topological polar surface area (TPSA) is 89.0 Å². The molecule has 0 aromatic heterocycles. The van der Waals surface area contributed by atoms with Gasteiger partial charge in [0, 0.05) is 18.5 Å². The summed E-state index contributed by atoms with van der Waals surface area (Å²) in [4.78, 5) is 23.9. The van der Waals surface area contributed by atoms with Crippen molar-refractivity contribution in [1.82, 2.24) is 5.43 Å². The van der Waals surface area contributed by atoms with Crippen LogP contribution in [0.5, 0.6) is 11.5 Å². The van der Waals surface area contributed by atoms with Crippen molar-refractivity contribution in [2.75, 3.05) is 19.0 Å². The summed E-state index contributed by atoms with van der Waals surface area (Å²) in [5, 5.41) is 6.82. The molecule has 0 spiro atoms. The molecule has 2 N–H and O–H groups in total. The van der Waals surface area contributed by atoms with Gasteiger partial charge in [-0.3, -0.25) is 9.59 Å². The van der Waals surface area contributed by atoms with Gasteiger partial charge in [0.15, 0.2) is 0 Å². The number of nitrogens with zero attached hydrogens (tertiary/aromatic N) is 1. The van der Waals surface area contributed by atoms with Gasteiger partial charge in [-0.15, -0.1) is 0 Å². The van der Waals surface area contributed by atoms with Gasteiger partial charge in [0.2, 0.25) is 11.8 Å². The lowest BCUT2D eigenvalue weighted by molar-refractivity contribution is -0.124. The van der Waals surface area contributed by atoms with Crippen LogP contribution in [0.25, 0.3) is 0 Å². The summed E-state index contributed by atoms with van der Waals surface area (Å²) < 4.78 is 10.5. The molecule has 0 fully saturated rings. The Morgan fingerprint density at radius 3 is 2.14 bits per heavy atom. The number of anilines is 1. The van der Waals surface area contributed by atoms with Crippen LogP contribution in [-0.4, -0.2) is 31.2 Å². The maximum absolute atomic E-state index is 12.0. The van der Waals surface area contributed by atoms with Crippen molar-refractivity contribution in [3.05, 3.63) is 54.1 Å². The third-order valence-corrected chi connectivity index (χ3v) is 3.88. The number of hydrogen-bond donors (Lipinski definition) is 2. The Morgan fingerprint density at radius 1 is 0.929 bits per heavy atom. The highest BCUT2D eigenvalue weighted by atomic mass is 16.5. The van der Waals surface area contributed by atoms with Gasteiger partial charge in [-0.25, -0.2) is 5.43 Å². The number of carbonyl (C=O) groups is 2. The number of hydrogen-bond acceptors (Lipinski definition) is 5. The molecule has 2 aromatic carbocycles. The van der Waals surface area contributed by atoms with Gasteiger partial charge in [-0.05, 0) is 67.9 Å². The molecule has 7 heteroatoms. The minimum Gasteiger partial charge on any atom is -0.497 e. The second kappa shape index (κ2) is 10.7. The van der Waals surface area contributed by atoms with Crippen molar-refractivity contribution in [3.63, 3.8) is 0 Å². The molecule has 2 aromatic rings. The van der Waals surface area contributed by atoms with Crippen molar-refractivity contribution >= 4 is 23.2 Å². The SMILES string of the molecule is CCOc1ccc(NC(=O)CCC(=O)NN=C(C)c2ccc(OC)cc2)cc1. The van der Waals surface area contributed by atoms with Crippen LogP contribution in [0.15, 0.2) is 53.6 Å². The van der Waals surface area contributed by atoms with E-state index in [1.54, 1.807) is 38.3 Å². The number of benzene rings is 2. The predicted octanol–water partition coefficient (Wildman–Crippen LogP) is 3.35. The number of carbonyl (C=O) groups excluding carboxylic acids is 2.